The average Bonchev–Trinajstić information content (AvgIpc) is 2.66. The molecule has 1 aromatic carbocycles. The summed E-state index contributed by atoms with van der Waals surface area (Å²) < 4.78 is 40.1. The zero-order chi connectivity index (χ0) is 15.9. The molecule has 1 fully saturated rings. The minimum absolute atomic E-state index is 0.301. The second-order valence-corrected chi connectivity index (χ2v) is 5.03. The molecular formula is C12H14F3N3O3. The molecule has 116 valence electrons. The summed E-state index contributed by atoms with van der Waals surface area (Å²) in [5.41, 5.74) is 5.76. The number of amides is 1. The summed E-state index contributed by atoms with van der Waals surface area (Å²) in [6.07, 6.45) is -4.78. The first-order chi connectivity index (χ1) is 9.54. The van der Waals surface area contributed by atoms with E-state index in [1.54, 1.807) is 13.8 Å². The van der Waals surface area contributed by atoms with Crippen LogP contribution in [0, 0.1) is 0 Å². The van der Waals surface area contributed by atoms with Crippen molar-refractivity contribution in [3.8, 4) is 5.75 Å². The van der Waals surface area contributed by atoms with E-state index in [1.165, 1.54) is 12.1 Å². The molecule has 0 aliphatic carbocycles. The van der Waals surface area contributed by atoms with Crippen LogP contribution in [0.1, 0.15) is 19.4 Å². The fourth-order valence-corrected chi connectivity index (χ4v) is 2.00. The van der Waals surface area contributed by atoms with Crippen molar-refractivity contribution in [1.82, 2.24) is 10.8 Å². The number of carbonyl (C=O) groups excluding carboxylic acids is 1. The molecule has 1 aliphatic rings. The van der Waals surface area contributed by atoms with Crippen LogP contribution in [0.15, 0.2) is 24.3 Å². The highest BCUT2D eigenvalue weighted by molar-refractivity contribution is 5.86. The van der Waals surface area contributed by atoms with E-state index < -0.39 is 29.4 Å². The van der Waals surface area contributed by atoms with E-state index >= 15 is 0 Å². The average molecular weight is 305 g/mol. The van der Waals surface area contributed by atoms with Crippen LogP contribution >= 0.6 is 0 Å². The van der Waals surface area contributed by atoms with Gasteiger partial charge >= 0.3 is 6.36 Å². The van der Waals surface area contributed by atoms with Gasteiger partial charge in [-0.1, -0.05) is 12.1 Å². The fraction of sp³-hybridized carbons (Fsp3) is 0.417. The Morgan fingerprint density at radius 2 is 1.86 bits per heavy atom. The SMILES string of the molecule is CC1(C)NC(C(N)=O)(c2ccc(OC(F)(F)F)cc2)NO1. The molecule has 0 aromatic heterocycles. The molecule has 1 unspecified atom stereocenters. The lowest BCUT2D eigenvalue weighted by Crippen LogP contribution is -2.58. The van der Waals surface area contributed by atoms with Crippen LogP contribution < -0.4 is 21.3 Å². The third-order valence-corrected chi connectivity index (χ3v) is 2.84. The van der Waals surface area contributed by atoms with Crippen LogP contribution in [0.25, 0.3) is 0 Å². The van der Waals surface area contributed by atoms with E-state index in [0.717, 1.165) is 12.1 Å². The van der Waals surface area contributed by atoms with Crippen LogP contribution in [0.3, 0.4) is 0 Å². The summed E-state index contributed by atoms with van der Waals surface area (Å²) in [4.78, 5) is 16.9. The summed E-state index contributed by atoms with van der Waals surface area (Å²) in [6, 6.07) is 4.75. The zero-order valence-corrected chi connectivity index (χ0v) is 11.2. The van der Waals surface area contributed by atoms with E-state index in [2.05, 4.69) is 15.5 Å². The van der Waals surface area contributed by atoms with Gasteiger partial charge in [0.15, 0.2) is 5.66 Å². The monoisotopic (exact) mass is 305 g/mol. The predicted molar refractivity (Wildman–Crippen MR) is 65.4 cm³/mol. The van der Waals surface area contributed by atoms with Crippen molar-refractivity contribution in [3.05, 3.63) is 29.8 Å². The van der Waals surface area contributed by atoms with Gasteiger partial charge in [0.2, 0.25) is 0 Å². The van der Waals surface area contributed by atoms with Crippen molar-refractivity contribution >= 4 is 5.91 Å². The number of rotatable bonds is 3. The molecule has 0 bridgehead atoms. The summed E-state index contributed by atoms with van der Waals surface area (Å²) in [6.45, 7) is 3.32. The number of primary amides is 1. The summed E-state index contributed by atoms with van der Waals surface area (Å²) in [5, 5.41) is 2.86. The third-order valence-electron chi connectivity index (χ3n) is 2.84. The second kappa shape index (κ2) is 4.86. The second-order valence-electron chi connectivity index (χ2n) is 5.03. The number of benzene rings is 1. The maximum Gasteiger partial charge on any atom is 0.573 e. The molecule has 0 radical (unpaired) electrons. The van der Waals surface area contributed by atoms with Gasteiger partial charge in [0.1, 0.15) is 11.5 Å². The Morgan fingerprint density at radius 1 is 1.29 bits per heavy atom. The zero-order valence-electron chi connectivity index (χ0n) is 11.2. The Labute approximate surface area is 118 Å². The number of halogens is 3. The Kier molecular flexibility index (Phi) is 3.60. The van der Waals surface area contributed by atoms with Gasteiger partial charge in [-0.15, -0.1) is 13.2 Å². The molecule has 1 heterocycles. The molecule has 1 saturated heterocycles. The normalized spacial score (nSPS) is 24.8. The van der Waals surface area contributed by atoms with Crippen LogP contribution in [0.2, 0.25) is 0 Å². The highest BCUT2D eigenvalue weighted by Gasteiger charge is 2.49. The van der Waals surface area contributed by atoms with Crippen molar-refractivity contribution in [3.63, 3.8) is 0 Å². The topological polar surface area (TPSA) is 85.6 Å². The highest BCUT2D eigenvalue weighted by atomic mass is 19.4. The maximum atomic E-state index is 12.1. The van der Waals surface area contributed by atoms with Crippen LogP contribution in [-0.2, 0) is 15.3 Å². The maximum absolute atomic E-state index is 12.1. The van der Waals surface area contributed by atoms with Crippen molar-refractivity contribution in [2.45, 2.75) is 31.6 Å². The smallest absolute Gasteiger partial charge is 0.406 e. The molecule has 9 heteroatoms. The number of carbonyl (C=O) groups is 1. The predicted octanol–water partition coefficient (Wildman–Crippen LogP) is 1.08. The number of nitrogens with one attached hydrogen (secondary N) is 2. The van der Waals surface area contributed by atoms with Gasteiger partial charge in [-0.2, -0.15) is 5.48 Å². The molecular weight excluding hydrogens is 291 g/mol. The first-order valence-electron chi connectivity index (χ1n) is 5.95. The number of alkyl halides is 3. The van der Waals surface area contributed by atoms with Crippen molar-refractivity contribution in [2.24, 2.45) is 5.73 Å². The van der Waals surface area contributed by atoms with Crippen LogP contribution in [-0.4, -0.2) is 18.0 Å². The van der Waals surface area contributed by atoms with Gasteiger partial charge in [-0.05, 0) is 31.5 Å². The lowest BCUT2D eigenvalue weighted by atomic mass is 9.98. The van der Waals surface area contributed by atoms with Crippen molar-refractivity contribution in [2.75, 3.05) is 0 Å². The van der Waals surface area contributed by atoms with Crippen molar-refractivity contribution < 1.29 is 27.5 Å². The Morgan fingerprint density at radius 3 is 2.24 bits per heavy atom. The number of hydrogen-bond acceptors (Lipinski definition) is 5. The minimum atomic E-state index is -4.78. The van der Waals surface area contributed by atoms with Crippen molar-refractivity contribution in [1.29, 1.82) is 0 Å². The summed E-state index contributed by atoms with van der Waals surface area (Å²) >= 11 is 0. The third kappa shape index (κ3) is 3.26. The molecule has 0 saturated carbocycles. The number of ether oxygens (including phenoxy) is 1. The highest BCUT2D eigenvalue weighted by Crippen LogP contribution is 2.30. The molecule has 1 aliphatic heterocycles. The summed E-state index contributed by atoms with van der Waals surface area (Å²) in [7, 11) is 0. The molecule has 4 N–H and O–H groups in total. The lowest BCUT2D eigenvalue weighted by Gasteiger charge is -2.26. The van der Waals surface area contributed by atoms with Gasteiger partial charge in [0.25, 0.3) is 5.91 Å². The molecule has 21 heavy (non-hydrogen) atoms. The molecule has 0 spiro atoms. The van der Waals surface area contributed by atoms with Crippen LogP contribution in [0.5, 0.6) is 5.75 Å². The lowest BCUT2D eigenvalue weighted by molar-refractivity contribution is -0.274. The summed E-state index contributed by atoms with van der Waals surface area (Å²) in [5.74, 6) is -1.18. The quantitative estimate of drug-likeness (QED) is 0.778. The molecule has 1 amide bonds. The number of nitrogens with two attached hydrogens (primary N) is 1. The molecule has 1 atom stereocenters. The van der Waals surface area contributed by atoms with E-state index in [1.807, 2.05) is 0 Å². The standard InChI is InChI=1S/C12H14F3N3O3/c1-10(2)17-11(9(16)19,18-21-10)7-3-5-8(6-4-7)20-12(13,14)15/h3-6,17-18H,1-2H3,(H2,16,19). The van der Waals surface area contributed by atoms with E-state index in [0.29, 0.717) is 5.56 Å². The van der Waals surface area contributed by atoms with E-state index in [-0.39, 0.29) is 0 Å². The molecule has 1 aromatic rings. The van der Waals surface area contributed by atoms with Gasteiger partial charge in [-0.25, -0.2) is 0 Å². The first-order valence-corrected chi connectivity index (χ1v) is 5.95. The number of hydrogen-bond donors (Lipinski definition) is 3. The Balaban J connectivity index is 2.29. The largest absolute Gasteiger partial charge is 0.573 e. The fourth-order valence-electron chi connectivity index (χ4n) is 2.00. The first kappa shape index (κ1) is 15.5. The van der Waals surface area contributed by atoms with Gasteiger partial charge in [0, 0.05) is 0 Å². The molecule has 6 nitrogen and oxygen atoms in total. The Hall–Kier alpha value is -1.84. The van der Waals surface area contributed by atoms with Gasteiger partial charge < -0.3 is 10.5 Å². The minimum Gasteiger partial charge on any atom is -0.406 e. The number of hydroxylamine groups is 1. The van der Waals surface area contributed by atoms with E-state index in [4.69, 9.17) is 10.6 Å². The van der Waals surface area contributed by atoms with Crippen LogP contribution in [0.4, 0.5) is 13.2 Å². The Bertz CT molecular complexity index is 545. The van der Waals surface area contributed by atoms with Gasteiger partial charge in [-0.3, -0.25) is 14.9 Å². The van der Waals surface area contributed by atoms with Gasteiger partial charge in [0.05, 0.1) is 0 Å². The molecule has 2 rings (SSSR count). The van der Waals surface area contributed by atoms with E-state index in [9.17, 15) is 18.0 Å².